The molecule has 0 atom stereocenters. The number of carbonyl (C=O) groups is 2. The van der Waals surface area contributed by atoms with E-state index in [2.05, 4.69) is 5.32 Å². The van der Waals surface area contributed by atoms with Crippen molar-refractivity contribution >= 4 is 33.3 Å². The van der Waals surface area contributed by atoms with E-state index >= 15 is 0 Å². The molecule has 8 nitrogen and oxygen atoms in total. The Labute approximate surface area is 192 Å². The van der Waals surface area contributed by atoms with Gasteiger partial charge >= 0.3 is 0 Å². The van der Waals surface area contributed by atoms with Crippen molar-refractivity contribution in [3.8, 4) is 5.75 Å². The second-order valence-corrected chi connectivity index (χ2v) is 8.97. The fourth-order valence-corrected chi connectivity index (χ4v) is 4.60. The Kier molecular flexibility index (Phi) is 7.34. The van der Waals surface area contributed by atoms with E-state index in [1.807, 2.05) is 6.92 Å². The Morgan fingerprint density at radius 2 is 1.61 bits per heavy atom. The van der Waals surface area contributed by atoms with Gasteiger partial charge in [0.15, 0.2) is 0 Å². The average molecular weight is 468 g/mol. The van der Waals surface area contributed by atoms with Crippen LogP contribution in [0, 0.1) is 6.92 Å². The van der Waals surface area contributed by atoms with E-state index in [0.29, 0.717) is 12.4 Å². The molecule has 0 aliphatic carbocycles. The summed E-state index contributed by atoms with van der Waals surface area (Å²) in [7, 11) is -4.16. The molecule has 0 saturated heterocycles. The third kappa shape index (κ3) is 5.50. The van der Waals surface area contributed by atoms with Gasteiger partial charge in [-0.15, -0.1) is 0 Å². The highest BCUT2D eigenvalue weighted by Gasteiger charge is 2.29. The Morgan fingerprint density at radius 1 is 0.970 bits per heavy atom. The third-order valence-electron chi connectivity index (χ3n) is 4.75. The fourth-order valence-electron chi connectivity index (χ4n) is 3.17. The summed E-state index contributed by atoms with van der Waals surface area (Å²) in [5, 5.41) is 13.8. The van der Waals surface area contributed by atoms with Crippen molar-refractivity contribution in [3.63, 3.8) is 0 Å². The SMILES string of the molecule is CCOc1ccccc1N(CC(=O)Nc1ccccc1C(=O)[O-])S(=O)(=O)c1ccc(C)cc1. The number of aryl methyl sites for hydroxylation is 1. The van der Waals surface area contributed by atoms with Gasteiger partial charge in [0.2, 0.25) is 5.91 Å². The normalized spacial score (nSPS) is 11.0. The number of carbonyl (C=O) groups excluding carboxylic acids is 2. The average Bonchev–Trinajstić information content (AvgIpc) is 2.79. The molecule has 172 valence electrons. The number of anilines is 2. The number of para-hydroxylation sites is 3. The number of nitrogens with zero attached hydrogens (tertiary/aromatic N) is 1. The quantitative estimate of drug-likeness (QED) is 0.517. The molecule has 0 aliphatic heterocycles. The standard InChI is InChI=1S/C24H24N2O6S/c1-3-32-22-11-7-6-10-21(22)26(33(30,31)18-14-12-17(2)13-15-18)16-23(27)25-20-9-5-4-8-19(20)24(28)29/h4-15H,3,16H2,1-2H3,(H,25,27)(H,28,29)/p-1. The number of carboxylic acid groups (broad SMARTS) is 1. The molecular formula is C24H23N2O6S-. The molecule has 0 bridgehead atoms. The first-order valence-electron chi connectivity index (χ1n) is 10.2. The van der Waals surface area contributed by atoms with Crippen molar-refractivity contribution in [1.82, 2.24) is 0 Å². The maximum Gasteiger partial charge on any atom is 0.264 e. The van der Waals surface area contributed by atoms with Crippen molar-refractivity contribution < 1.29 is 27.9 Å². The molecule has 0 spiro atoms. The molecule has 0 radical (unpaired) electrons. The molecule has 3 rings (SSSR count). The van der Waals surface area contributed by atoms with E-state index in [9.17, 15) is 23.1 Å². The van der Waals surface area contributed by atoms with Gasteiger partial charge in [0.1, 0.15) is 12.3 Å². The Hall–Kier alpha value is -3.85. The maximum atomic E-state index is 13.5. The van der Waals surface area contributed by atoms with Crippen molar-refractivity contribution in [3.05, 3.63) is 83.9 Å². The van der Waals surface area contributed by atoms with E-state index in [0.717, 1.165) is 9.87 Å². The lowest BCUT2D eigenvalue weighted by atomic mass is 10.2. The molecule has 0 fully saturated rings. The highest BCUT2D eigenvalue weighted by Crippen LogP contribution is 2.32. The van der Waals surface area contributed by atoms with Crippen molar-refractivity contribution in [2.45, 2.75) is 18.7 Å². The second-order valence-electron chi connectivity index (χ2n) is 7.11. The number of amides is 1. The molecule has 1 N–H and O–H groups in total. The van der Waals surface area contributed by atoms with Gasteiger partial charge in [-0.25, -0.2) is 8.42 Å². The maximum absolute atomic E-state index is 13.5. The van der Waals surface area contributed by atoms with Gasteiger partial charge in [0.25, 0.3) is 10.0 Å². The lowest BCUT2D eigenvalue weighted by Gasteiger charge is -2.26. The van der Waals surface area contributed by atoms with E-state index in [1.165, 1.54) is 30.3 Å². The molecule has 0 unspecified atom stereocenters. The predicted molar refractivity (Wildman–Crippen MR) is 123 cm³/mol. The van der Waals surface area contributed by atoms with Crippen molar-refractivity contribution in [2.24, 2.45) is 0 Å². The second kappa shape index (κ2) is 10.2. The smallest absolute Gasteiger partial charge is 0.264 e. The van der Waals surface area contributed by atoms with Crippen LogP contribution in [0.2, 0.25) is 0 Å². The predicted octanol–water partition coefficient (Wildman–Crippen LogP) is 2.59. The van der Waals surface area contributed by atoms with Gasteiger partial charge in [-0.3, -0.25) is 9.10 Å². The van der Waals surface area contributed by atoms with Gasteiger partial charge in [0.05, 0.1) is 23.2 Å². The number of sulfonamides is 1. The summed E-state index contributed by atoms with van der Waals surface area (Å²) in [6.07, 6.45) is 0. The minimum Gasteiger partial charge on any atom is -0.545 e. The number of nitrogens with one attached hydrogen (secondary N) is 1. The molecule has 0 saturated carbocycles. The van der Waals surface area contributed by atoms with Crippen LogP contribution in [0.15, 0.2) is 77.7 Å². The van der Waals surface area contributed by atoms with Gasteiger partial charge in [0, 0.05) is 11.3 Å². The molecule has 1 amide bonds. The molecular weight excluding hydrogens is 444 g/mol. The summed E-state index contributed by atoms with van der Waals surface area (Å²) >= 11 is 0. The number of carboxylic acids is 1. The molecule has 3 aromatic carbocycles. The number of benzene rings is 3. The van der Waals surface area contributed by atoms with Crippen LogP contribution in [0.4, 0.5) is 11.4 Å². The summed E-state index contributed by atoms with van der Waals surface area (Å²) in [6.45, 7) is 3.28. The van der Waals surface area contributed by atoms with Gasteiger partial charge in [-0.05, 0) is 44.2 Å². The molecule has 33 heavy (non-hydrogen) atoms. The van der Waals surface area contributed by atoms with Gasteiger partial charge in [-0.2, -0.15) is 0 Å². The van der Waals surface area contributed by atoms with Crippen LogP contribution in [-0.2, 0) is 14.8 Å². The minimum atomic E-state index is -4.16. The fraction of sp³-hybridized carbons (Fsp3) is 0.167. The largest absolute Gasteiger partial charge is 0.545 e. The third-order valence-corrected chi connectivity index (χ3v) is 6.53. The van der Waals surface area contributed by atoms with Crippen LogP contribution in [-0.4, -0.2) is 33.4 Å². The molecule has 0 aliphatic rings. The Bertz CT molecular complexity index is 1260. The molecule has 0 heterocycles. The van der Waals surface area contributed by atoms with Crippen LogP contribution in [0.1, 0.15) is 22.8 Å². The monoisotopic (exact) mass is 467 g/mol. The zero-order valence-corrected chi connectivity index (χ0v) is 19.0. The number of hydrogen-bond acceptors (Lipinski definition) is 6. The summed E-state index contributed by atoms with van der Waals surface area (Å²) in [5.41, 5.74) is 0.858. The van der Waals surface area contributed by atoms with E-state index in [1.54, 1.807) is 49.4 Å². The number of ether oxygens (including phenoxy) is 1. The molecule has 9 heteroatoms. The van der Waals surface area contributed by atoms with E-state index in [4.69, 9.17) is 4.74 Å². The Morgan fingerprint density at radius 3 is 2.27 bits per heavy atom. The summed E-state index contributed by atoms with van der Waals surface area (Å²) in [4.78, 5) is 24.3. The summed E-state index contributed by atoms with van der Waals surface area (Å²) < 4.78 is 33.6. The lowest BCUT2D eigenvalue weighted by Crippen LogP contribution is -2.38. The zero-order chi connectivity index (χ0) is 24.0. The zero-order valence-electron chi connectivity index (χ0n) is 18.1. The topological polar surface area (TPSA) is 116 Å². The number of aromatic carboxylic acids is 1. The number of rotatable bonds is 9. The van der Waals surface area contributed by atoms with Crippen LogP contribution in [0.25, 0.3) is 0 Å². The minimum absolute atomic E-state index is 0.00216. The first kappa shape index (κ1) is 23.8. The van der Waals surface area contributed by atoms with E-state index in [-0.39, 0.29) is 21.8 Å². The van der Waals surface area contributed by atoms with Gasteiger partial charge in [-0.1, -0.05) is 48.0 Å². The molecule has 3 aromatic rings. The Balaban J connectivity index is 2.02. The highest BCUT2D eigenvalue weighted by atomic mass is 32.2. The van der Waals surface area contributed by atoms with Crippen LogP contribution in [0.5, 0.6) is 5.75 Å². The first-order valence-corrected chi connectivity index (χ1v) is 11.6. The van der Waals surface area contributed by atoms with Crippen LogP contribution >= 0.6 is 0 Å². The van der Waals surface area contributed by atoms with E-state index < -0.39 is 28.4 Å². The van der Waals surface area contributed by atoms with Gasteiger partial charge < -0.3 is 20.0 Å². The van der Waals surface area contributed by atoms with Crippen molar-refractivity contribution in [2.75, 3.05) is 22.8 Å². The van der Waals surface area contributed by atoms with Crippen LogP contribution < -0.4 is 19.5 Å². The summed E-state index contributed by atoms with van der Waals surface area (Å²) in [6, 6.07) is 18.5. The summed E-state index contributed by atoms with van der Waals surface area (Å²) in [5.74, 6) is -1.90. The highest BCUT2D eigenvalue weighted by molar-refractivity contribution is 7.92. The molecule has 0 aromatic heterocycles. The lowest BCUT2D eigenvalue weighted by molar-refractivity contribution is -0.254. The first-order chi connectivity index (χ1) is 15.7. The number of hydrogen-bond donors (Lipinski definition) is 1. The van der Waals surface area contributed by atoms with Crippen molar-refractivity contribution in [1.29, 1.82) is 0 Å². The van der Waals surface area contributed by atoms with Crippen LogP contribution in [0.3, 0.4) is 0 Å².